The van der Waals surface area contributed by atoms with Crippen LogP contribution in [-0.4, -0.2) is 26.9 Å². The Balaban J connectivity index is 1.99. The van der Waals surface area contributed by atoms with Gasteiger partial charge in [0.15, 0.2) is 4.34 Å². The number of nitrogens with one attached hydrogen (secondary N) is 2. The van der Waals surface area contributed by atoms with Crippen molar-refractivity contribution in [1.82, 2.24) is 10.2 Å². The molecule has 2 aromatic rings. The zero-order chi connectivity index (χ0) is 17.9. The second-order valence-electron chi connectivity index (χ2n) is 6.76. The van der Waals surface area contributed by atoms with E-state index in [4.69, 9.17) is 0 Å². The van der Waals surface area contributed by atoms with Gasteiger partial charge in [-0.15, -0.1) is 10.2 Å². The van der Waals surface area contributed by atoms with E-state index in [1.54, 1.807) is 0 Å². The standard InChI is InChI=1S/C17H24N4OS2/c1-10-8-7-9-11(2)13(10)18-14(22)12(3)23-16-21-20-15(24-16)19-17(4,5)6/h7-9,12H,1-6H3,(H,18,22)(H,19,20). The number of rotatable bonds is 5. The van der Waals surface area contributed by atoms with Crippen molar-refractivity contribution >= 4 is 39.8 Å². The summed E-state index contributed by atoms with van der Waals surface area (Å²) < 4.78 is 0.783. The van der Waals surface area contributed by atoms with Crippen molar-refractivity contribution in [2.45, 2.75) is 56.7 Å². The lowest BCUT2D eigenvalue weighted by Gasteiger charge is -2.18. The molecule has 7 heteroatoms. The van der Waals surface area contributed by atoms with Crippen molar-refractivity contribution in [3.63, 3.8) is 0 Å². The zero-order valence-corrected chi connectivity index (χ0v) is 16.6. The first kappa shape index (κ1) is 18.7. The van der Waals surface area contributed by atoms with Crippen LogP contribution >= 0.6 is 23.1 Å². The quantitative estimate of drug-likeness (QED) is 0.766. The average molecular weight is 365 g/mol. The minimum Gasteiger partial charge on any atom is -0.355 e. The molecular formula is C17H24N4OS2. The molecule has 1 atom stereocenters. The fraction of sp³-hybridized carbons (Fsp3) is 0.471. The lowest BCUT2D eigenvalue weighted by atomic mass is 10.1. The van der Waals surface area contributed by atoms with Crippen LogP contribution in [0.3, 0.4) is 0 Å². The van der Waals surface area contributed by atoms with Crippen LogP contribution in [0, 0.1) is 13.8 Å². The monoisotopic (exact) mass is 364 g/mol. The Morgan fingerprint density at radius 3 is 2.42 bits per heavy atom. The van der Waals surface area contributed by atoms with E-state index >= 15 is 0 Å². The van der Waals surface area contributed by atoms with Gasteiger partial charge < -0.3 is 10.6 Å². The summed E-state index contributed by atoms with van der Waals surface area (Å²) in [5.74, 6) is -0.0297. The topological polar surface area (TPSA) is 66.9 Å². The Labute approximate surface area is 151 Å². The Morgan fingerprint density at radius 1 is 1.21 bits per heavy atom. The van der Waals surface area contributed by atoms with Gasteiger partial charge in [0.25, 0.3) is 0 Å². The molecule has 2 N–H and O–H groups in total. The van der Waals surface area contributed by atoms with E-state index in [9.17, 15) is 4.79 Å². The summed E-state index contributed by atoms with van der Waals surface area (Å²) in [5.41, 5.74) is 2.95. The molecule has 0 bridgehead atoms. The first-order chi connectivity index (χ1) is 11.2. The fourth-order valence-corrected chi connectivity index (χ4v) is 4.17. The third kappa shape index (κ3) is 5.21. The second kappa shape index (κ2) is 7.53. The van der Waals surface area contributed by atoms with E-state index in [2.05, 4.69) is 41.6 Å². The van der Waals surface area contributed by atoms with Gasteiger partial charge in [0.1, 0.15) is 0 Å². The molecule has 1 amide bonds. The molecule has 1 aromatic heterocycles. The Bertz CT molecular complexity index is 701. The first-order valence-corrected chi connectivity index (χ1v) is 9.51. The van der Waals surface area contributed by atoms with E-state index in [1.165, 1.54) is 23.1 Å². The zero-order valence-electron chi connectivity index (χ0n) is 14.9. The van der Waals surface area contributed by atoms with Gasteiger partial charge in [0.2, 0.25) is 11.0 Å². The number of para-hydroxylation sites is 1. The predicted octanol–water partition coefficient (Wildman–Crippen LogP) is 4.48. The predicted molar refractivity (Wildman–Crippen MR) is 103 cm³/mol. The SMILES string of the molecule is Cc1cccc(C)c1NC(=O)C(C)Sc1nnc(NC(C)(C)C)s1. The molecule has 0 aliphatic carbocycles. The van der Waals surface area contributed by atoms with E-state index < -0.39 is 0 Å². The van der Waals surface area contributed by atoms with Crippen LogP contribution in [0.2, 0.25) is 0 Å². The average Bonchev–Trinajstić information content (AvgIpc) is 2.87. The van der Waals surface area contributed by atoms with Gasteiger partial charge in [-0.2, -0.15) is 0 Å². The number of nitrogens with zero attached hydrogens (tertiary/aromatic N) is 2. The van der Waals surface area contributed by atoms with Crippen LogP contribution < -0.4 is 10.6 Å². The lowest BCUT2D eigenvalue weighted by Crippen LogP contribution is -2.25. The third-order valence-corrected chi connectivity index (χ3v) is 5.29. The molecule has 1 unspecified atom stereocenters. The molecule has 0 radical (unpaired) electrons. The van der Waals surface area contributed by atoms with Crippen molar-refractivity contribution in [3.05, 3.63) is 29.3 Å². The van der Waals surface area contributed by atoms with Gasteiger partial charge in [-0.1, -0.05) is 41.3 Å². The van der Waals surface area contributed by atoms with Gasteiger partial charge >= 0.3 is 0 Å². The van der Waals surface area contributed by atoms with E-state index in [-0.39, 0.29) is 16.7 Å². The highest BCUT2D eigenvalue weighted by molar-refractivity contribution is 8.02. The molecule has 1 aromatic carbocycles. The van der Waals surface area contributed by atoms with Gasteiger partial charge in [-0.05, 0) is 52.7 Å². The van der Waals surface area contributed by atoms with E-state index in [0.29, 0.717) is 0 Å². The van der Waals surface area contributed by atoms with Crippen LogP contribution in [0.15, 0.2) is 22.5 Å². The minimum absolute atomic E-state index is 0.0297. The van der Waals surface area contributed by atoms with Crippen molar-refractivity contribution in [3.8, 4) is 0 Å². The lowest BCUT2D eigenvalue weighted by molar-refractivity contribution is -0.115. The summed E-state index contributed by atoms with van der Waals surface area (Å²) in [6, 6.07) is 5.98. The number of aryl methyl sites for hydroxylation is 2. The number of aromatic nitrogens is 2. The maximum Gasteiger partial charge on any atom is 0.237 e. The van der Waals surface area contributed by atoms with Gasteiger partial charge in [0.05, 0.1) is 5.25 Å². The second-order valence-corrected chi connectivity index (χ2v) is 9.33. The number of anilines is 2. The summed E-state index contributed by atoms with van der Waals surface area (Å²) in [6.07, 6.45) is 0. The largest absolute Gasteiger partial charge is 0.355 e. The first-order valence-electron chi connectivity index (χ1n) is 7.81. The number of carbonyl (C=O) groups is 1. The maximum atomic E-state index is 12.5. The highest BCUT2D eigenvalue weighted by Gasteiger charge is 2.19. The molecule has 0 saturated heterocycles. The van der Waals surface area contributed by atoms with Gasteiger partial charge in [0, 0.05) is 11.2 Å². The van der Waals surface area contributed by atoms with Crippen molar-refractivity contribution in [2.75, 3.05) is 10.6 Å². The van der Waals surface area contributed by atoms with Crippen LogP contribution in [-0.2, 0) is 4.79 Å². The summed E-state index contributed by atoms with van der Waals surface area (Å²) in [6.45, 7) is 12.1. The van der Waals surface area contributed by atoms with E-state index in [0.717, 1.165) is 26.3 Å². The molecule has 0 spiro atoms. The summed E-state index contributed by atoms with van der Waals surface area (Å²) in [5, 5.41) is 15.1. The number of hydrogen-bond acceptors (Lipinski definition) is 6. The Hall–Kier alpha value is -1.60. The van der Waals surface area contributed by atoms with Crippen LogP contribution in [0.25, 0.3) is 0 Å². The molecule has 0 fully saturated rings. The summed E-state index contributed by atoms with van der Waals surface area (Å²) in [7, 11) is 0. The Kier molecular flexibility index (Phi) is 5.87. The van der Waals surface area contributed by atoms with Crippen molar-refractivity contribution in [1.29, 1.82) is 0 Å². The van der Waals surface area contributed by atoms with Crippen molar-refractivity contribution < 1.29 is 4.79 Å². The molecule has 24 heavy (non-hydrogen) atoms. The molecule has 130 valence electrons. The number of thioether (sulfide) groups is 1. The third-order valence-electron chi connectivity index (χ3n) is 3.26. The maximum absolute atomic E-state index is 12.5. The highest BCUT2D eigenvalue weighted by atomic mass is 32.2. The van der Waals surface area contributed by atoms with Crippen LogP contribution in [0.5, 0.6) is 0 Å². The molecule has 2 rings (SSSR count). The molecular weight excluding hydrogens is 340 g/mol. The summed E-state index contributed by atoms with van der Waals surface area (Å²) >= 11 is 2.89. The number of amides is 1. The van der Waals surface area contributed by atoms with E-state index in [1.807, 2.05) is 39.0 Å². The summed E-state index contributed by atoms with van der Waals surface area (Å²) in [4.78, 5) is 12.5. The number of carbonyl (C=O) groups excluding carboxylic acids is 1. The van der Waals surface area contributed by atoms with Crippen LogP contribution in [0.1, 0.15) is 38.8 Å². The Morgan fingerprint density at radius 2 is 1.83 bits per heavy atom. The van der Waals surface area contributed by atoms with Gasteiger partial charge in [-0.3, -0.25) is 4.79 Å². The molecule has 5 nitrogen and oxygen atoms in total. The number of hydrogen-bond donors (Lipinski definition) is 2. The normalized spacial score (nSPS) is 12.8. The van der Waals surface area contributed by atoms with Gasteiger partial charge in [-0.25, -0.2) is 0 Å². The number of benzene rings is 1. The molecule has 0 saturated carbocycles. The molecule has 0 aliphatic heterocycles. The molecule has 0 aliphatic rings. The minimum atomic E-state index is -0.251. The fourth-order valence-electron chi connectivity index (χ4n) is 2.07. The highest BCUT2D eigenvalue weighted by Crippen LogP contribution is 2.31. The van der Waals surface area contributed by atoms with Crippen molar-refractivity contribution in [2.24, 2.45) is 0 Å². The van der Waals surface area contributed by atoms with Crippen LogP contribution in [0.4, 0.5) is 10.8 Å². The molecule has 1 heterocycles. The smallest absolute Gasteiger partial charge is 0.237 e.